The van der Waals surface area contributed by atoms with Gasteiger partial charge in [-0.3, -0.25) is 19.3 Å². The van der Waals surface area contributed by atoms with Crippen molar-refractivity contribution >= 4 is 23.3 Å². The van der Waals surface area contributed by atoms with Gasteiger partial charge in [0.1, 0.15) is 18.7 Å². The van der Waals surface area contributed by atoms with Crippen LogP contribution < -0.4 is 10.2 Å². The summed E-state index contributed by atoms with van der Waals surface area (Å²) in [6.45, 7) is 14.1. The Kier molecular flexibility index (Phi) is 9.24. The lowest BCUT2D eigenvalue weighted by atomic mass is 9.96. The first kappa shape index (κ1) is 27.6. The van der Waals surface area contributed by atoms with Gasteiger partial charge in [-0.1, -0.05) is 40.5 Å². The minimum absolute atomic E-state index is 0.0303. The Morgan fingerprint density at radius 2 is 1.76 bits per heavy atom. The minimum Gasteiger partial charge on any atom is -0.369 e. The van der Waals surface area contributed by atoms with Gasteiger partial charge in [0.25, 0.3) is 5.91 Å². The quantitative estimate of drug-likeness (QED) is 0.519. The molecule has 0 spiro atoms. The number of nitrogens with one attached hydrogen (secondary N) is 1. The number of fused-ring (bicyclic) bond motifs is 1. The van der Waals surface area contributed by atoms with E-state index in [2.05, 4.69) is 29.0 Å². The summed E-state index contributed by atoms with van der Waals surface area (Å²) >= 11 is 0. The number of ether oxygens (including phenoxy) is 1. The van der Waals surface area contributed by atoms with Crippen molar-refractivity contribution in [1.29, 1.82) is 0 Å². The van der Waals surface area contributed by atoms with Crippen molar-refractivity contribution in [3.8, 4) is 0 Å². The Morgan fingerprint density at radius 1 is 1.05 bits per heavy atom. The number of hydrogen-bond acceptors (Lipinski definition) is 6. The number of carbonyl (C=O) groups is 3. The van der Waals surface area contributed by atoms with Crippen LogP contribution in [0, 0.1) is 11.8 Å². The molecule has 5 atom stereocenters. The van der Waals surface area contributed by atoms with Gasteiger partial charge in [-0.25, -0.2) is 0 Å². The Hall–Kier alpha value is -2.45. The van der Waals surface area contributed by atoms with Gasteiger partial charge in [-0.05, 0) is 49.6 Å². The molecule has 0 saturated carbocycles. The van der Waals surface area contributed by atoms with Crippen LogP contribution in [-0.4, -0.2) is 91.5 Å². The number of likely N-dealkylation sites (tertiary alicyclic amines) is 1. The van der Waals surface area contributed by atoms with Crippen LogP contribution in [0.4, 0.5) is 5.69 Å². The summed E-state index contributed by atoms with van der Waals surface area (Å²) in [6, 6.07) is 6.49. The third kappa shape index (κ3) is 6.01. The number of ketones is 1. The maximum Gasteiger partial charge on any atom is 0.251 e. The molecular formula is C29H44N4O4. The van der Waals surface area contributed by atoms with E-state index in [1.165, 1.54) is 6.42 Å². The highest BCUT2D eigenvalue weighted by Crippen LogP contribution is 2.35. The number of amides is 2. The summed E-state index contributed by atoms with van der Waals surface area (Å²) in [7, 11) is 0. The highest BCUT2D eigenvalue weighted by molar-refractivity contribution is 5.99. The van der Waals surface area contributed by atoms with E-state index in [0.29, 0.717) is 12.1 Å². The number of nitrogens with zero attached hydrogens (tertiary/aromatic N) is 3. The molecule has 3 fully saturated rings. The molecule has 3 aliphatic heterocycles. The van der Waals surface area contributed by atoms with Gasteiger partial charge in [0.05, 0.1) is 6.10 Å². The van der Waals surface area contributed by atoms with E-state index < -0.39 is 12.1 Å². The molecule has 4 rings (SSSR count). The predicted octanol–water partition coefficient (Wildman–Crippen LogP) is 2.96. The Bertz CT molecular complexity index is 944. The molecule has 0 radical (unpaired) electrons. The zero-order valence-electron chi connectivity index (χ0n) is 22.9. The van der Waals surface area contributed by atoms with Crippen LogP contribution in [0.15, 0.2) is 24.3 Å². The van der Waals surface area contributed by atoms with Crippen LogP contribution >= 0.6 is 0 Å². The fraction of sp³-hybridized carbons (Fsp3) is 0.690. The largest absolute Gasteiger partial charge is 0.369 e. The Balaban J connectivity index is 1.43. The SMILES string of the molecule is CCC[C@@H]1CN(C(=O)[C@@H](NC(=O)c2ccc(N3CCN(CCC)CC3)cc2)[C@@H](C)CC)[C@@H]2C(=O)CO[C@H]12. The first-order valence-electron chi connectivity index (χ1n) is 14.2. The molecule has 8 heteroatoms. The van der Waals surface area contributed by atoms with Crippen LogP contribution in [0.5, 0.6) is 0 Å². The molecule has 3 heterocycles. The summed E-state index contributed by atoms with van der Waals surface area (Å²) in [6.07, 6.45) is 3.58. The maximum absolute atomic E-state index is 13.8. The fourth-order valence-electron chi connectivity index (χ4n) is 6.06. The molecule has 37 heavy (non-hydrogen) atoms. The number of Topliss-reactive ketones (excluding diaryl/α,β-unsaturated/α-hetero) is 1. The summed E-state index contributed by atoms with van der Waals surface area (Å²) in [5, 5.41) is 3.02. The molecule has 1 aromatic carbocycles. The molecule has 0 unspecified atom stereocenters. The summed E-state index contributed by atoms with van der Waals surface area (Å²) in [4.78, 5) is 46.2. The second kappa shape index (κ2) is 12.4. The second-order valence-corrected chi connectivity index (χ2v) is 10.9. The molecule has 0 bridgehead atoms. The first-order valence-corrected chi connectivity index (χ1v) is 14.2. The summed E-state index contributed by atoms with van der Waals surface area (Å²) in [5.41, 5.74) is 1.66. The number of anilines is 1. The van der Waals surface area contributed by atoms with E-state index in [1.54, 1.807) is 4.90 Å². The van der Waals surface area contributed by atoms with Gasteiger partial charge in [0.15, 0.2) is 5.78 Å². The van der Waals surface area contributed by atoms with Crippen LogP contribution in [0.25, 0.3) is 0 Å². The highest BCUT2D eigenvalue weighted by atomic mass is 16.5. The van der Waals surface area contributed by atoms with E-state index >= 15 is 0 Å². The van der Waals surface area contributed by atoms with Gasteiger partial charge < -0.3 is 19.9 Å². The molecule has 8 nitrogen and oxygen atoms in total. The number of piperazine rings is 1. The topological polar surface area (TPSA) is 82.2 Å². The number of carbonyl (C=O) groups excluding carboxylic acids is 3. The average molecular weight is 513 g/mol. The lowest BCUT2D eigenvalue weighted by Gasteiger charge is -2.36. The second-order valence-electron chi connectivity index (χ2n) is 10.9. The van der Waals surface area contributed by atoms with Gasteiger partial charge in [-0.2, -0.15) is 0 Å². The Morgan fingerprint density at radius 3 is 2.38 bits per heavy atom. The molecule has 204 valence electrons. The third-order valence-electron chi connectivity index (χ3n) is 8.41. The fourth-order valence-corrected chi connectivity index (χ4v) is 6.06. The van der Waals surface area contributed by atoms with Gasteiger partial charge in [0.2, 0.25) is 5.91 Å². The van der Waals surface area contributed by atoms with Gasteiger partial charge >= 0.3 is 0 Å². The van der Waals surface area contributed by atoms with Crippen molar-refractivity contribution in [3.63, 3.8) is 0 Å². The van der Waals surface area contributed by atoms with Crippen LogP contribution in [0.3, 0.4) is 0 Å². The van der Waals surface area contributed by atoms with E-state index in [9.17, 15) is 14.4 Å². The number of hydrogen-bond donors (Lipinski definition) is 1. The van der Waals surface area contributed by atoms with Crippen LogP contribution in [0.2, 0.25) is 0 Å². The zero-order chi connectivity index (χ0) is 26.5. The van der Waals surface area contributed by atoms with Crippen molar-refractivity contribution in [2.75, 3.05) is 50.8 Å². The minimum atomic E-state index is -0.682. The van der Waals surface area contributed by atoms with E-state index in [4.69, 9.17) is 4.74 Å². The van der Waals surface area contributed by atoms with Crippen LogP contribution in [-0.2, 0) is 14.3 Å². The van der Waals surface area contributed by atoms with Gasteiger partial charge in [-0.15, -0.1) is 0 Å². The van der Waals surface area contributed by atoms with Crippen molar-refractivity contribution in [3.05, 3.63) is 29.8 Å². The van der Waals surface area contributed by atoms with E-state index in [1.807, 2.05) is 38.1 Å². The highest BCUT2D eigenvalue weighted by Gasteiger charge is 2.52. The summed E-state index contributed by atoms with van der Waals surface area (Å²) < 4.78 is 5.79. The number of benzene rings is 1. The predicted molar refractivity (Wildman–Crippen MR) is 145 cm³/mol. The van der Waals surface area contributed by atoms with Crippen molar-refractivity contribution in [2.24, 2.45) is 11.8 Å². The molecular weight excluding hydrogens is 468 g/mol. The Labute approximate surface area is 221 Å². The monoisotopic (exact) mass is 512 g/mol. The molecule has 0 aliphatic carbocycles. The smallest absolute Gasteiger partial charge is 0.251 e. The molecule has 3 aliphatic rings. The van der Waals surface area contributed by atoms with Crippen molar-refractivity contribution in [1.82, 2.24) is 15.1 Å². The van der Waals surface area contributed by atoms with Crippen LogP contribution in [0.1, 0.15) is 63.7 Å². The normalized spacial score (nSPS) is 25.7. The van der Waals surface area contributed by atoms with Crippen molar-refractivity contribution < 1.29 is 19.1 Å². The molecule has 2 amide bonds. The summed E-state index contributed by atoms with van der Waals surface area (Å²) in [5.74, 6) is -0.354. The first-order chi connectivity index (χ1) is 17.9. The zero-order valence-corrected chi connectivity index (χ0v) is 22.9. The number of rotatable bonds is 10. The third-order valence-corrected chi connectivity index (χ3v) is 8.41. The molecule has 3 saturated heterocycles. The molecule has 1 aromatic rings. The van der Waals surface area contributed by atoms with Crippen molar-refractivity contribution in [2.45, 2.75) is 71.6 Å². The standard InChI is InChI=1S/C29H44N4O4/c1-5-8-22-18-33(26-24(34)19-37-27(22)26)29(36)25(20(4)7-3)30-28(35)21-9-11-23(12-10-21)32-16-14-31(13-6-2)15-17-32/h9-12,20,22,25-27H,5-8,13-19H2,1-4H3,(H,30,35)/t20-,22+,25-,26+,27+/m0/s1. The van der Waals surface area contributed by atoms with E-state index in [-0.39, 0.29) is 42.1 Å². The lowest BCUT2D eigenvalue weighted by Crippen LogP contribution is -2.54. The molecule has 1 N–H and O–H groups in total. The molecule has 0 aromatic heterocycles. The lowest BCUT2D eigenvalue weighted by molar-refractivity contribution is -0.139. The maximum atomic E-state index is 13.8. The van der Waals surface area contributed by atoms with Gasteiger partial charge in [0, 0.05) is 49.9 Å². The average Bonchev–Trinajstić information content (AvgIpc) is 3.48. The van der Waals surface area contributed by atoms with E-state index in [0.717, 1.165) is 57.7 Å².